The Labute approximate surface area is 179 Å². The number of rotatable bonds is 10. The van der Waals surface area contributed by atoms with Crippen molar-refractivity contribution in [1.29, 1.82) is 0 Å². The third-order valence-electron chi connectivity index (χ3n) is 5.53. The van der Waals surface area contributed by atoms with Crippen LogP contribution in [-0.4, -0.2) is 68.2 Å². The summed E-state index contributed by atoms with van der Waals surface area (Å²) in [4.78, 5) is 17.7. The van der Waals surface area contributed by atoms with E-state index in [1.807, 2.05) is 24.3 Å². The molecule has 0 aliphatic carbocycles. The summed E-state index contributed by atoms with van der Waals surface area (Å²) in [5, 5.41) is 22.4. The third-order valence-corrected chi connectivity index (χ3v) is 5.53. The molecule has 1 aliphatic rings. The number of aliphatic hydroxyl groups excluding tert-OH is 1. The Hall–Kier alpha value is -2.82. The molecule has 3 aromatic rings. The zero-order valence-corrected chi connectivity index (χ0v) is 17.7. The molecular formula is C21H28N6O4. The molecule has 0 amide bonds. The summed E-state index contributed by atoms with van der Waals surface area (Å²) in [6.07, 6.45) is 2.78. The second kappa shape index (κ2) is 9.99. The van der Waals surface area contributed by atoms with Gasteiger partial charge in [-0.3, -0.25) is 9.69 Å². The Morgan fingerprint density at radius 1 is 1.35 bits per heavy atom. The molecule has 31 heavy (non-hydrogen) atoms. The first-order valence-electron chi connectivity index (χ1n) is 10.6. The first-order chi connectivity index (χ1) is 15.2. The fourth-order valence-electron chi connectivity index (χ4n) is 3.88. The van der Waals surface area contributed by atoms with Crippen molar-refractivity contribution in [2.75, 3.05) is 26.9 Å². The SMILES string of the molecule is COc1ccc2[nH]c(=O)c(CN(CCCO)Cc3nnnn3CC3CCCO3)cc2c1. The predicted molar refractivity (Wildman–Crippen MR) is 114 cm³/mol. The van der Waals surface area contributed by atoms with Crippen molar-refractivity contribution in [1.82, 2.24) is 30.1 Å². The van der Waals surface area contributed by atoms with Crippen LogP contribution in [0.15, 0.2) is 29.1 Å². The number of tetrazole rings is 1. The van der Waals surface area contributed by atoms with Gasteiger partial charge in [-0.05, 0) is 54.0 Å². The molecule has 1 aromatic carbocycles. The van der Waals surface area contributed by atoms with Crippen LogP contribution in [0.5, 0.6) is 5.75 Å². The molecule has 10 nitrogen and oxygen atoms in total. The Morgan fingerprint density at radius 3 is 3.03 bits per heavy atom. The minimum atomic E-state index is -0.134. The Balaban J connectivity index is 1.54. The van der Waals surface area contributed by atoms with Gasteiger partial charge < -0.3 is 19.6 Å². The highest BCUT2D eigenvalue weighted by atomic mass is 16.5. The monoisotopic (exact) mass is 428 g/mol. The Morgan fingerprint density at radius 2 is 2.26 bits per heavy atom. The molecular weight excluding hydrogens is 400 g/mol. The molecule has 3 heterocycles. The number of benzene rings is 1. The van der Waals surface area contributed by atoms with Gasteiger partial charge >= 0.3 is 0 Å². The number of nitrogens with zero attached hydrogens (tertiary/aromatic N) is 5. The molecule has 1 atom stereocenters. The van der Waals surface area contributed by atoms with E-state index in [0.29, 0.717) is 44.0 Å². The largest absolute Gasteiger partial charge is 0.497 e. The predicted octanol–water partition coefficient (Wildman–Crippen LogP) is 1.09. The quantitative estimate of drug-likeness (QED) is 0.493. The van der Waals surface area contributed by atoms with Gasteiger partial charge in [-0.15, -0.1) is 5.10 Å². The normalized spacial score (nSPS) is 16.4. The summed E-state index contributed by atoms with van der Waals surface area (Å²) in [6.45, 7) is 2.96. The van der Waals surface area contributed by atoms with Gasteiger partial charge in [0.1, 0.15) is 5.75 Å². The second-order valence-electron chi connectivity index (χ2n) is 7.78. The smallest absolute Gasteiger partial charge is 0.252 e. The van der Waals surface area contributed by atoms with Crippen molar-refractivity contribution in [2.24, 2.45) is 0 Å². The molecule has 1 fully saturated rings. The standard InChI is InChI=1S/C21H28N6O4/c1-30-17-5-6-19-15(11-17)10-16(21(29)22-19)12-26(7-3-8-28)14-20-23-24-25-27(20)13-18-4-2-9-31-18/h5-6,10-11,18,28H,2-4,7-9,12-14H2,1H3,(H,22,29). The zero-order chi connectivity index (χ0) is 21.6. The number of pyridine rings is 1. The van der Waals surface area contributed by atoms with Crippen LogP contribution in [0.1, 0.15) is 30.7 Å². The van der Waals surface area contributed by atoms with E-state index in [1.54, 1.807) is 11.8 Å². The van der Waals surface area contributed by atoms with E-state index in [1.165, 1.54) is 0 Å². The number of aliphatic hydroxyl groups is 1. The molecule has 0 bridgehead atoms. The van der Waals surface area contributed by atoms with Crippen LogP contribution in [0, 0.1) is 0 Å². The van der Waals surface area contributed by atoms with E-state index in [2.05, 4.69) is 25.4 Å². The number of H-pyrrole nitrogens is 1. The van der Waals surface area contributed by atoms with Crippen LogP contribution in [-0.2, 0) is 24.4 Å². The van der Waals surface area contributed by atoms with E-state index in [-0.39, 0.29) is 18.3 Å². The lowest BCUT2D eigenvalue weighted by Gasteiger charge is -2.21. The van der Waals surface area contributed by atoms with E-state index >= 15 is 0 Å². The molecule has 166 valence electrons. The maximum absolute atomic E-state index is 12.7. The Kier molecular flexibility index (Phi) is 6.90. The van der Waals surface area contributed by atoms with Crippen molar-refractivity contribution in [2.45, 2.75) is 45.0 Å². The van der Waals surface area contributed by atoms with Crippen LogP contribution < -0.4 is 10.3 Å². The van der Waals surface area contributed by atoms with Gasteiger partial charge in [-0.1, -0.05) is 0 Å². The number of ether oxygens (including phenoxy) is 2. The fourth-order valence-corrected chi connectivity index (χ4v) is 3.88. The molecule has 0 radical (unpaired) electrons. The van der Waals surface area contributed by atoms with E-state index < -0.39 is 0 Å². The van der Waals surface area contributed by atoms with Crippen molar-refractivity contribution in [3.05, 3.63) is 46.0 Å². The van der Waals surface area contributed by atoms with Gasteiger partial charge in [0.25, 0.3) is 5.56 Å². The van der Waals surface area contributed by atoms with Gasteiger partial charge in [0, 0.05) is 42.8 Å². The summed E-state index contributed by atoms with van der Waals surface area (Å²) in [6, 6.07) is 7.44. The van der Waals surface area contributed by atoms with Gasteiger partial charge in [-0.2, -0.15) is 0 Å². The molecule has 2 N–H and O–H groups in total. The lowest BCUT2D eigenvalue weighted by atomic mass is 10.1. The number of methoxy groups -OCH3 is 1. The van der Waals surface area contributed by atoms with Gasteiger partial charge in [0.05, 0.1) is 26.3 Å². The van der Waals surface area contributed by atoms with E-state index in [4.69, 9.17) is 9.47 Å². The highest BCUT2D eigenvalue weighted by Gasteiger charge is 2.20. The molecule has 1 aliphatic heterocycles. The first-order valence-corrected chi connectivity index (χ1v) is 10.6. The molecule has 2 aromatic heterocycles. The summed E-state index contributed by atoms with van der Waals surface area (Å²) in [5.74, 6) is 1.45. The summed E-state index contributed by atoms with van der Waals surface area (Å²) < 4.78 is 12.8. The van der Waals surface area contributed by atoms with Crippen molar-refractivity contribution >= 4 is 10.9 Å². The highest BCUT2D eigenvalue weighted by molar-refractivity contribution is 5.80. The average molecular weight is 428 g/mol. The van der Waals surface area contributed by atoms with Gasteiger partial charge in [-0.25, -0.2) is 4.68 Å². The minimum Gasteiger partial charge on any atom is -0.497 e. The van der Waals surface area contributed by atoms with Gasteiger partial charge in [0.2, 0.25) is 0 Å². The lowest BCUT2D eigenvalue weighted by Crippen LogP contribution is -2.30. The zero-order valence-electron chi connectivity index (χ0n) is 17.7. The van der Waals surface area contributed by atoms with Crippen molar-refractivity contribution < 1.29 is 14.6 Å². The van der Waals surface area contributed by atoms with Crippen molar-refractivity contribution in [3.63, 3.8) is 0 Å². The summed E-state index contributed by atoms with van der Waals surface area (Å²) in [5.41, 5.74) is 1.26. The maximum atomic E-state index is 12.7. The van der Waals surface area contributed by atoms with Crippen LogP contribution in [0.2, 0.25) is 0 Å². The molecule has 4 rings (SSSR count). The molecule has 10 heteroatoms. The number of aromatic amines is 1. The number of hydrogen-bond donors (Lipinski definition) is 2. The fraction of sp³-hybridized carbons (Fsp3) is 0.524. The Bertz CT molecular complexity index is 1060. The summed E-state index contributed by atoms with van der Waals surface area (Å²) in [7, 11) is 1.62. The molecule has 1 unspecified atom stereocenters. The number of aromatic nitrogens is 5. The number of nitrogens with one attached hydrogen (secondary N) is 1. The van der Waals surface area contributed by atoms with Crippen LogP contribution in [0.3, 0.4) is 0 Å². The minimum absolute atomic E-state index is 0.0721. The highest BCUT2D eigenvalue weighted by Crippen LogP contribution is 2.20. The number of hydrogen-bond acceptors (Lipinski definition) is 8. The second-order valence-corrected chi connectivity index (χ2v) is 7.78. The van der Waals surface area contributed by atoms with Gasteiger partial charge in [0.15, 0.2) is 5.82 Å². The first kappa shape index (κ1) is 21.4. The van der Waals surface area contributed by atoms with Crippen LogP contribution >= 0.6 is 0 Å². The van der Waals surface area contributed by atoms with Crippen LogP contribution in [0.25, 0.3) is 10.9 Å². The molecule has 0 spiro atoms. The number of fused-ring (bicyclic) bond motifs is 1. The third kappa shape index (κ3) is 5.27. The van der Waals surface area contributed by atoms with E-state index in [0.717, 1.165) is 36.1 Å². The van der Waals surface area contributed by atoms with E-state index in [9.17, 15) is 9.90 Å². The van der Waals surface area contributed by atoms with Crippen molar-refractivity contribution in [3.8, 4) is 5.75 Å². The summed E-state index contributed by atoms with van der Waals surface area (Å²) >= 11 is 0. The molecule has 0 saturated carbocycles. The lowest BCUT2D eigenvalue weighted by molar-refractivity contribution is 0.0915. The topological polar surface area (TPSA) is 118 Å². The van der Waals surface area contributed by atoms with Crippen LogP contribution in [0.4, 0.5) is 0 Å². The molecule has 1 saturated heterocycles. The average Bonchev–Trinajstić information content (AvgIpc) is 3.45. The maximum Gasteiger partial charge on any atom is 0.252 e.